The van der Waals surface area contributed by atoms with Crippen molar-refractivity contribution in [3.8, 4) is 11.3 Å². The molecule has 0 saturated carbocycles. The van der Waals surface area contributed by atoms with Crippen LogP contribution in [0, 0.1) is 0 Å². The number of pyridine rings is 1. The van der Waals surface area contributed by atoms with E-state index >= 15 is 0 Å². The minimum atomic E-state index is 0.795. The summed E-state index contributed by atoms with van der Waals surface area (Å²) < 4.78 is 0. The third-order valence-corrected chi connectivity index (χ3v) is 2.82. The number of hydrogen-bond donors (Lipinski definition) is 1. The first-order valence-electron chi connectivity index (χ1n) is 5.54. The first kappa shape index (κ1) is 9.85. The Morgan fingerprint density at radius 2 is 1.65 bits per heavy atom. The summed E-state index contributed by atoms with van der Waals surface area (Å²) in [6.07, 6.45) is 1.81. The third kappa shape index (κ3) is 1.85. The average Bonchev–Trinajstić information content (AvgIpc) is 2.39. The van der Waals surface area contributed by atoms with Gasteiger partial charge in [-0.05, 0) is 41.1 Å². The van der Waals surface area contributed by atoms with Gasteiger partial charge in [0.15, 0.2) is 0 Å². The molecule has 2 nitrogen and oxygen atoms in total. The molecule has 0 amide bonds. The van der Waals surface area contributed by atoms with Crippen molar-refractivity contribution in [2.75, 3.05) is 5.73 Å². The van der Waals surface area contributed by atoms with Gasteiger partial charge in [-0.2, -0.15) is 0 Å². The number of rotatable bonds is 1. The van der Waals surface area contributed by atoms with Gasteiger partial charge in [-0.15, -0.1) is 0 Å². The van der Waals surface area contributed by atoms with Gasteiger partial charge in [0, 0.05) is 17.4 Å². The molecule has 0 atom stereocenters. The van der Waals surface area contributed by atoms with Crippen LogP contribution in [0.3, 0.4) is 0 Å². The Bertz CT molecular complexity index is 660. The molecule has 3 aromatic rings. The van der Waals surface area contributed by atoms with E-state index in [9.17, 15) is 0 Å². The highest BCUT2D eigenvalue weighted by Crippen LogP contribution is 2.24. The lowest BCUT2D eigenvalue weighted by Crippen LogP contribution is -1.85. The number of nitrogens with two attached hydrogens (primary N) is 1. The van der Waals surface area contributed by atoms with Gasteiger partial charge in [-0.3, -0.25) is 4.98 Å². The van der Waals surface area contributed by atoms with Crippen LogP contribution in [0.15, 0.2) is 60.8 Å². The summed E-state index contributed by atoms with van der Waals surface area (Å²) in [4.78, 5) is 4.35. The van der Waals surface area contributed by atoms with Gasteiger partial charge >= 0.3 is 0 Å². The number of anilines is 1. The van der Waals surface area contributed by atoms with Crippen LogP contribution in [0.25, 0.3) is 22.0 Å². The van der Waals surface area contributed by atoms with Crippen molar-refractivity contribution in [3.63, 3.8) is 0 Å². The molecule has 0 radical (unpaired) electrons. The second kappa shape index (κ2) is 3.91. The molecule has 0 saturated heterocycles. The predicted molar refractivity (Wildman–Crippen MR) is 71.6 cm³/mol. The highest BCUT2D eigenvalue weighted by Gasteiger charge is 2.00. The van der Waals surface area contributed by atoms with Gasteiger partial charge in [0.05, 0.1) is 5.69 Å². The molecule has 0 spiro atoms. The zero-order chi connectivity index (χ0) is 11.7. The molecule has 0 fully saturated rings. The van der Waals surface area contributed by atoms with Crippen molar-refractivity contribution in [1.82, 2.24) is 4.98 Å². The van der Waals surface area contributed by atoms with Gasteiger partial charge in [0.2, 0.25) is 0 Å². The number of nitrogens with zero attached hydrogens (tertiary/aromatic N) is 1. The SMILES string of the molecule is Nc1ccc2cc(-c3ccccn3)ccc2c1. The molecular weight excluding hydrogens is 208 g/mol. The van der Waals surface area contributed by atoms with Crippen molar-refractivity contribution in [2.45, 2.75) is 0 Å². The fourth-order valence-electron chi connectivity index (χ4n) is 1.96. The van der Waals surface area contributed by atoms with E-state index in [0.717, 1.165) is 22.3 Å². The van der Waals surface area contributed by atoms with Gasteiger partial charge in [-0.25, -0.2) is 0 Å². The number of nitrogen functional groups attached to an aromatic ring is 1. The molecule has 2 heteroatoms. The summed E-state index contributed by atoms with van der Waals surface area (Å²) in [5.74, 6) is 0. The third-order valence-electron chi connectivity index (χ3n) is 2.82. The lowest BCUT2D eigenvalue weighted by atomic mass is 10.0. The summed E-state index contributed by atoms with van der Waals surface area (Å²) in [5.41, 5.74) is 8.67. The summed E-state index contributed by atoms with van der Waals surface area (Å²) >= 11 is 0. The van der Waals surface area contributed by atoms with Crippen molar-refractivity contribution in [1.29, 1.82) is 0 Å². The molecule has 1 aromatic heterocycles. The topological polar surface area (TPSA) is 38.9 Å². The first-order chi connectivity index (χ1) is 8.33. The largest absolute Gasteiger partial charge is 0.399 e. The Labute approximate surface area is 99.7 Å². The molecular formula is C15H12N2. The lowest BCUT2D eigenvalue weighted by molar-refractivity contribution is 1.33. The summed E-state index contributed by atoms with van der Waals surface area (Å²) in [6, 6.07) is 18.2. The van der Waals surface area contributed by atoms with Crippen molar-refractivity contribution < 1.29 is 0 Å². The molecule has 3 rings (SSSR count). The Balaban J connectivity index is 2.17. The smallest absolute Gasteiger partial charge is 0.0702 e. The van der Waals surface area contributed by atoms with E-state index in [1.54, 1.807) is 0 Å². The molecule has 0 unspecified atom stereocenters. The number of aromatic nitrogens is 1. The second-order valence-corrected chi connectivity index (χ2v) is 4.04. The maximum atomic E-state index is 5.76. The van der Waals surface area contributed by atoms with E-state index < -0.39 is 0 Å². The standard InChI is InChI=1S/C15H12N2/c16-14-7-6-11-9-13(5-4-12(11)10-14)15-3-1-2-8-17-15/h1-10H,16H2. The average molecular weight is 220 g/mol. The van der Waals surface area contributed by atoms with Crippen LogP contribution < -0.4 is 5.73 Å². The van der Waals surface area contributed by atoms with E-state index in [1.165, 1.54) is 5.39 Å². The predicted octanol–water partition coefficient (Wildman–Crippen LogP) is 3.48. The van der Waals surface area contributed by atoms with E-state index in [1.807, 2.05) is 42.6 Å². The highest BCUT2D eigenvalue weighted by molar-refractivity contribution is 5.88. The fraction of sp³-hybridized carbons (Fsp3) is 0. The molecule has 0 aliphatic carbocycles. The van der Waals surface area contributed by atoms with Crippen molar-refractivity contribution in [3.05, 3.63) is 60.8 Å². The maximum absolute atomic E-state index is 5.76. The van der Waals surface area contributed by atoms with Crippen LogP contribution in [0.4, 0.5) is 5.69 Å². The Morgan fingerprint density at radius 1 is 0.824 bits per heavy atom. The van der Waals surface area contributed by atoms with Gasteiger partial charge in [-0.1, -0.05) is 24.3 Å². The Hall–Kier alpha value is -2.35. The van der Waals surface area contributed by atoms with Crippen molar-refractivity contribution in [2.24, 2.45) is 0 Å². The zero-order valence-corrected chi connectivity index (χ0v) is 9.30. The highest BCUT2D eigenvalue weighted by atomic mass is 14.7. The van der Waals surface area contributed by atoms with Crippen LogP contribution in [-0.4, -0.2) is 4.98 Å². The number of hydrogen-bond acceptors (Lipinski definition) is 2. The van der Waals surface area contributed by atoms with E-state index in [0.29, 0.717) is 0 Å². The molecule has 2 N–H and O–H groups in total. The minimum Gasteiger partial charge on any atom is -0.399 e. The van der Waals surface area contributed by atoms with E-state index in [4.69, 9.17) is 5.73 Å². The van der Waals surface area contributed by atoms with Crippen LogP contribution in [0.1, 0.15) is 0 Å². The summed E-state index contributed by atoms with van der Waals surface area (Å²) in [6.45, 7) is 0. The molecule has 0 aliphatic heterocycles. The van der Waals surface area contributed by atoms with Crippen LogP contribution >= 0.6 is 0 Å². The van der Waals surface area contributed by atoms with Gasteiger partial charge < -0.3 is 5.73 Å². The monoisotopic (exact) mass is 220 g/mol. The molecule has 0 bridgehead atoms. The Kier molecular flexibility index (Phi) is 2.26. The van der Waals surface area contributed by atoms with Gasteiger partial charge in [0.25, 0.3) is 0 Å². The quantitative estimate of drug-likeness (QED) is 0.637. The van der Waals surface area contributed by atoms with Gasteiger partial charge in [0.1, 0.15) is 0 Å². The maximum Gasteiger partial charge on any atom is 0.0702 e. The lowest BCUT2D eigenvalue weighted by Gasteiger charge is -2.04. The zero-order valence-electron chi connectivity index (χ0n) is 9.30. The summed E-state index contributed by atoms with van der Waals surface area (Å²) in [5, 5.41) is 2.34. The van der Waals surface area contributed by atoms with E-state index in [2.05, 4.69) is 23.2 Å². The molecule has 1 heterocycles. The molecule has 82 valence electrons. The molecule has 0 aliphatic rings. The van der Waals surface area contributed by atoms with Crippen LogP contribution in [0.2, 0.25) is 0 Å². The molecule has 17 heavy (non-hydrogen) atoms. The van der Waals surface area contributed by atoms with Crippen LogP contribution in [0.5, 0.6) is 0 Å². The van der Waals surface area contributed by atoms with Crippen LogP contribution in [-0.2, 0) is 0 Å². The van der Waals surface area contributed by atoms with Crippen molar-refractivity contribution >= 4 is 16.5 Å². The number of benzene rings is 2. The minimum absolute atomic E-state index is 0.795. The normalized spacial score (nSPS) is 10.6. The first-order valence-corrected chi connectivity index (χ1v) is 5.54. The van der Waals surface area contributed by atoms with E-state index in [-0.39, 0.29) is 0 Å². The fourth-order valence-corrected chi connectivity index (χ4v) is 1.96. The Morgan fingerprint density at radius 3 is 2.47 bits per heavy atom. The number of fused-ring (bicyclic) bond motifs is 1. The molecule has 2 aromatic carbocycles. The summed E-state index contributed by atoms with van der Waals surface area (Å²) in [7, 11) is 0. The second-order valence-electron chi connectivity index (χ2n) is 4.04.